The highest BCUT2D eigenvalue weighted by Crippen LogP contribution is 2.22. The smallest absolute Gasteiger partial charge is 0.216 e. The zero-order valence-corrected chi connectivity index (χ0v) is 13.5. The van der Waals surface area contributed by atoms with Gasteiger partial charge in [-0.1, -0.05) is 0 Å². The Labute approximate surface area is 123 Å². The Bertz CT molecular complexity index is 385. The van der Waals surface area contributed by atoms with Gasteiger partial charge in [0.05, 0.1) is 18.5 Å². The van der Waals surface area contributed by atoms with E-state index in [9.17, 15) is 8.42 Å². The molecule has 5 nitrogen and oxygen atoms in total. The first kappa shape index (κ1) is 16.2. The van der Waals surface area contributed by atoms with Crippen LogP contribution in [0, 0.1) is 5.92 Å². The number of hydrogen-bond acceptors (Lipinski definition) is 4. The van der Waals surface area contributed by atoms with Crippen molar-refractivity contribution in [1.82, 2.24) is 9.62 Å². The minimum atomic E-state index is -3.13. The normalized spacial score (nSPS) is 22.6. The molecule has 2 rings (SSSR count). The lowest BCUT2D eigenvalue weighted by Gasteiger charge is -2.31. The third-order valence-corrected chi connectivity index (χ3v) is 5.87. The summed E-state index contributed by atoms with van der Waals surface area (Å²) in [6.45, 7) is 6.52. The first-order chi connectivity index (χ1) is 9.47. The number of rotatable bonds is 8. The van der Waals surface area contributed by atoms with E-state index in [0.29, 0.717) is 25.6 Å². The molecule has 2 fully saturated rings. The van der Waals surface area contributed by atoms with Crippen LogP contribution in [0.25, 0.3) is 0 Å². The van der Waals surface area contributed by atoms with Crippen LogP contribution in [-0.4, -0.2) is 56.9 Å². The molecule has 0 amide bonds. The van der Waals surface area contributed by atoms with Gasteiger partial charge in [-0.05, 0) is 52.0 Å². The van der Waals surface area contributed by atoms with E-state index in [1.54, 1.807) is 4.31 Å². The molecule has 0 spiro atoms. The minimum absolute atomic E-state index is 0.0874. The summed E-state index contributed by atoms with van der Waals surface area (Å²) >= 11 is 0. The zero-order valence-electron chi connectivity index (χ0n) is 12.7. The summed E-state index contributed by atoms with van der Waals surface area (Å²) < 4.78 is 31.3. The molecule has 0 unspecified atom stereocenters. The van der Waals surface area contributed by atoms with Crippen molar-refractivity contribution in [3.05, 3.63) is 0 Å². The Balaban J connectivity index is 1.68. The van der Waals surface area contributed by atoms with E-state index < -0.39 is 10.0 Å². The summed E-state index contributed by atoms with van der Waals surface area (Å²) in [6.07, 6.45) is 4.66. The molecule has 0 aromatic rings. The predicted octanol–water partition coefficient (Wildman–Crippen LogP) is 1.21. The van der Waals surface area contributed by atoms with Crippen LogP contribution in [0.2, 0.25) is 0 Å². The standard InChI is InChI=1S/C14H28N2O3S/c1-12(2)19-9-10-20(17,18)16-7-5-13(6-8-16)11-15-14-3-4-14/h12-15H,3-11H2,1-2H3. The van der Waals surface area contributed by atoms with Crippen molar-refractivity contribution in [3.8, 4) is 0 Å². The average molecular weight is 304 g/mol. The molecule has 0 bridgehead atoms. The Morgan fingerprint density at radius 2 is 1.85 bits per heavy atom. The molecule has 20 heavy (non-hydrogen) atoms. The van der Waals surface area contributed by atoms with Gasteiger partial charge in [0.2, 0.25) is 10.0 Å². The lowest BCUT2D eigenvalue weighted by atomic mass is 9.98. The summed E-state index contributed by atoms with van der Waals surface area (Å²) in [5.41, 5.74) is 0. The minimum Gasteiger partial charge on any atom is -0.378 e. The highest BCUT2D eigenvalue weighted by molar-refractivity contribution is 7.89. The second kappa shape index (κ2) is 7.20. The SMILES string of the molecule is CC(C)OCCS(=O)(=O)N1CCC(CNC2CC2)CC1. The fraction of sp³-hybridized carbons (Fsp3) is 1.00. The third kappa shape index (κ3) is 5.31. The molecule has 118 valence electrons. The fourth-order valence-corrected chi connectivity index (χ4v) is 3.86. The van der Waals surface area contributed by atoms with E-state index in [0.717, 1.165) is 25.4 Å². The van der Waals surface area contributed by atoms with Crippen LogP contribution in [0.15, 0.2) is 0 Å². The number of nitrogens with one attached hydrogen (secondary N) is 1. The Hall–Kier alpha value is -0.170. The van der Waals surface area contributed by atoms with Crippen molar-refractivity contribution in [3.63, 3.8) is 0 Å². The maximum atomic E-state index is 12.2. The molecule has 1 aliphatic heterocycles. The monoisotopic (exact) mass is 304 g/mol. The van der Waals surface area contributed by atoms with Gasteiger partial charge in [0.25, 0.3) is 0 Å². The molecule has 1 saturated carbocycles. The molecule has 1 N–H and O–H groups in total. The Morgan fingerprint density at radius 3 is 2.40 bits per heavy atom. The van der Waals surface area contributed by atoms with Crippen LogP contribution in [0.5, 0.6) is 0 Å². The molecular formula is C14H28N2O3S. The summed E-state index contributed by atoms with van der Waals surface area (Å²) in [6, 6.07) is 0.741. The number of sulfonamides is 1. The van der Waals surface area contributed by atoms with Gasteiger partial charge in [-0.3, -0.25) is 0 Å². The largest absolute Gasteiger partial charge is 0.378 e. The molecular weight excluding hydrogens is 276 g/mol. The van der Waals surface area contributed by atoms with Crippen LogP contribution in [0.1, 0.15) is 39.5 Å². The molecule has 1 saturated heterocycles. The second-order valence-electron chi connectivity index (χ2n) is 6.26. The van der Waals surface area contributed by atoms with Crippen molar-refractivity contribution >= 4 is 10.0 Å². The number of ether oxygens (including phenoxy) is 1. The molecule has 0 radical (unpaired) electrons. The van der Waals surface area contributed by atoms with E-state index in [1.165, 1.54) is 12.8 Å². The predicted molar refractivity (Wildman–Crippen MR) is 80.2 cm³/mol. The molecule has 0 aromatic heterocycles. The van der Waals surface area contributed by atoms with E-state index in [1.807, 2.05) is 13.8 Å². The van der Waals surface area contributed by atoms with E-state index in [-0.39, 0.29) is 11.9 Å². The highest BCUT2D eigenvalue weighted by atomic mass is 32.2. The van der Waals surface area contributed by atoms with Gasteiger partial charge < -0.3 is 10.1 Å². The topological polar surface area (TPSA) is 58.6 Å². The average Bonchev–Trinajstić information content (AvgIpc) is 3.20. The number of hydrogen-bond donors (Lipinski definition) is 1. The van der Waals surface area contributed by atoms with Gasteiger partial charge in [0.1, 0.15) is 0 Å². The highest BCUT2D eigenvalue weighted by Gasteiger charge is 2.29. The maximum absolute atomic E-state index is 12.2. The van der Waals surface area contributed by atoms with Gasteiger partial charge in [0, 0.05) is 19.1 Å². The molecule has 0 aromatic carbocycles. The third-order valence-electron chi connectivity index (χ3n) is 4.03. The van der Waals surface area contributed by atoms with Crippen molar-refractivity contribution in [2.75, 3.05) is 32.0 Å². The summed E-state index contributed by atoms with van der Waals surface area (Å²) in [5, 5.41) is 3.54. The maximum Gasteiger partial charge on any atom is 0.216 e. The zero-order chi connectivity index (χ0) is 14.6. The Kier molecular flexibility index (Phi) is 5.84. The lowest BCUT2D eigenvalue weighted by Crippen LogP contribution is -2.42. The summed E-state index contributed by atoms with van der Waals surface area (Å²) in [4.78, 5) is 0. The van der Waals surface area contributed by atoms with Gasteiger partial charge in [-0.2, -0.15) is 0 Å². The molecule has 1 heterocycles. The van der Waals surface area contributed by atoms with E-state index in [4.69, 9.17) is 4.74 Å². The molecule has 2 aliphatic rings. The number of piperidine rings is 1. The van der Waals surface area contributed by atoms with Crippen LogP contribution < -0.4 is 5.32 Å². The first-order valence-electron chi connectivity index (χ1n) is 7.80. The Morgan fingerprint density at radius 1 is 1.20 bits per heavy atom. The second-order valence-corrected chi connectivity index (χ2v) is 8.35. The first-order valence-corrected chi connectivity index (χ1v) is 9.41. The van der Waals surface area contributed by atoms with Crippen LogP contribution in [0.3, 0.4) is 0 Å². The summed E-state index contributed by atoms with van der Waals surface area (Å²) in [5.74, 6) is 0.741. The quantitative estimate of drug-likeness (QED) is 0.732. The number of nitrogens with zero attached hydrogens (tertiary/aromatic N) is 1. The van der Waals surface area contributed by atoms with E-state index in [2.05, 4.69) is 5.32 Å². The van der Waals surface area contributed by atoms with Crippen molar-refractivity contribution in [2.45, 2.75) is 51.7 Å². The fourth-order valence-electron chi connectivity index (χ4n) is 2.53. The van der Waals surface area contributed by atoms with Crippen LogP contribution in [-0.2, 0) is 14.8 Å². The van der Waals surface area contributed by atoms with Crippen molar-refractivity contribution in [2.24, 2.45) is 5.92 Å². The van der Waals surface area contributed by atoms with Crippen LogP contribution >= 0.6 is 0 Å². The van der Waals surface area contributed by atoms with Gasteiger partial charge in [-0.25, -0.2) is 12.7 Å². The molecule has 0 atom stereocenters. The van der Waals surface area contributed by atoms with Crippen molar-refractivity contribution in [1.29, 1.82) is 0 Å². The lowest BCUT2D eigenvalue weighted by molar-refractivity contribution is 0.0905. The van der Waals surface area contributed by atoms with Crippen LogP contribution in [0.4, 0.5) is 0 Å². The van der Waals surface area contributed by atoms with Gasteiger partial charge in [0.15, 0.2) is 0 Å². The molecule has 1 aliphatic carbocycles. The van der Waals surface area contributed by atoms with E-state index >= 15 is 0 Å². The molecule has 6 heteroatoms. The summed E-state index contributed by atoms with van der Waals surface area (Å²) in [7, 11) is -3.13. The van der Waals surface area contributed by atoms with Gasteiger partial charge in [-0.15, -0.1) is 0 Å². The van der Waals surface area contributed by atoms with Gasteiger partial charge >= 0.3 is 0 Å². The van der Waals surface area contributed by atoms with Crippen molar-refractivity contribution < 1.29 is 13.2 Å².